The van der Waals surface area contributed by atoms with E-state index in [2.05, 4.69) is 4.98 Å². The van der Waals surface area contributed by atoms with Crippen molar-refractivity contribution in [1.82, 2.24) is 4.98 Å². The van der Waals surface area contributed by atoms with Crippen molar-refractivity contribution in [1.29, 1.82) is 0 Å². The molecule has 0 saturated carbocycles. The van der Waals surface area contributed by atoms with Crippen LogP contribution >= 0.6 is 0 Å². The van der Waals surface area contributed by atoms with Crippen molar-refractivity contribution in [3.63, 3.8) is 0 Å². The second kappa shape index (κ2) is 6.12. The number of hydrogen-bond acceptors (Lipinski definition) is 6. The summed E-state index contributed by atoms with van der Waals surface area (Å²) in [6.07, 6.45) is 0. The molecule has 0 radical (unpaired) electrons. The molecular weight excluding hydrogens is 329 g/mol. The molecule has 25 heavy (non-hydrogen) atoms. The summed E-state index contributed by atoms with van der Waals surface area (Å²) >= 11 is 0. The Labute approximate surface area is 141 Å². The van der Waals surface area contributed by atoms with E-state index in [0.29, 0.717) is 0 Å². The van der Waals surface area contributed by atoms with E-state index >= 15 is 0 Å². The molecule has 0 fully saturated rings. The summed E-state index contributed by atoms with van der Waals surface area (Å²) in [5, 5.41) is 38.6. The maximum Gasteiger partial charge on any atom is 0.218 e. The number of carbonyl (C=O) groups excluding carboxylic acids is 1. The summed E-state index contributed by atoms with van der Waals surface area (Å²) in [5.74, 6) is -4.18. The summed E-state index contributed by atoms with van der Waals surface area (Å²) in [5.41, 5.74) is -0.630. The molecule has 126 valence electrons. The largest absolute Gasteiger partial charge is 0.507 e. The minimum atomic E-state index is -0.886. The lowest BCUT2D eigenvalue weighted by Crippen LogP contribution is -2.06. The molecule has 0 atom stereocenters. The van der Waals surface area contributed by atoms with Crippen LogP contribution in [0.3, 0.4) is 0 Å². The lowest BCUT2D eigenvalue weighted by molar-refractivity contribution is 0.102. The van der Waals surface area contributed by atoms with Gasteiger partial charge >= 0.3 is 0 Å². The number of carbonyl (C=O) groups is 1. The number of pyridine rings is 1. The molecule has 0 aliphatic rings. The number of nitrogens with zero attached hydrogens (tertiary/aromatic N) is 1. The third-order valence-corrected chi connectivity index (χ3v) is 3.60. The van der Waals surface area contributed by atoms with Crippen molar-refractivity contribution in [2.45, 2.75) is 0 Å². The van der Waals surface area contributed by atoms with Crippen molar-refractivity contribution >= 4 is 5.78 Å². The number of hydrogen-bond donors (Lipinski definition) is 4. The first-order chi connectivity index (χ1) is 11.9. The van der Waals surface area contributed by atoms with Crippen LogP contribution in [0.15, 0.2) is 48.5 Å². The maximum atomic E-state index is 14.0. The number of rotatable bonds is 3. The Morgan fingerprint density at radius 2 is 1.52 bits per heavy atom. The van der Waals surface area contributed by atoms with E-state index in [9.17, 15) is 29.6 Å². The molecule has 3 rings (SSSR count). The molecule has 0 aliphatic carbocycles. The van der Waals surface area contributed by atoms with E-state index in [1.807, 2.05) is 0 Å². The summed E-state index contributed by atoms with van der Waals surface area (Å²) in [6, 6.07) is 10.3. The van der Waals surface area contributed by atoms with Crippen LogP contribution in [-0.2, 0) is 0 Å². The molecule has 1 heterocycles. The summed E-state index contributed by atoms with van der Waals surface area (Å²) in [4.78, 5) is 16.6. The molecule has 2 aromatic carbocycles. The van der Waals surface area contributed by atoms with Gasteiger partial charge in [0.2, 0.25) is 5.78 Å². The van der Waals surface area contributed by atoms with Gasteiger partial charge in [-0.3, -0.25) is 4.79 Å². The van der Waals surface area contributed by atoms with Gasteiger partial charge in [0.05, 0.1) is 5.69 Å². The van der Waals surface area contributed by atoms with Crippen LogP contribution in [0.2, 0.25) is 0 Å². The average Bonchev–Trinajstić information content (AvgIpc) is 2.61. The van der Waals surface area contributed by atoms with Crippen LogP contribution in [0, 0.1) is 5.82 Å². The number of phenolic OH excluding ortho intramolecular Hbond substituents is 4. The van der Waals surface area contributed by atoms with Gasteiger partial charge < -0.3 is 20.4 Å². The highest BCUT2D eigenvalue weighted by atomic mass is 19.1. The quantitative estimate of drug-likeness (QED) is 0.331. The molecular formula is C18H12FNO5. The normalized spacial score (nSPS) is 10.6. The van der Waals surface area contributed by atoms with Crippen LogP contribution in [0.1, 0.15) is 16.1 Å². The molecule has 1 aromatic heterocycles. The van der Waals surface area contributed by atoms with Crippen molar-refractivity contribution < 1.29 is 29.6 Å². The van der Waals surface area contributed by atoms with Gasteiger partial charge in [-0.25, -0.2) is 9.37 Å². The Morgan fingerprint density at radius 1 is 0.840 bits per heavy atom. The Bertz CT molecular complexity index is 987. The number of aromatic hydroxyl groups is 4. The monoisotopic (exact) mass is 341 g/mol. The first-order valence-electron chi connectivity index (χ1n) is 7.13. The van der Waals surface area contributed by atoms with E-state index in [0.717, 1.165) is 12.1 Å². The number of aromatic nitrogens is 1. The molecule has 6 nitrogen and oxygen atoms in total. The molecule has 0 unspecified atom stereocenters. The predicted molar refractivity (Wildman–Crippen MR) is 86.2 cm³/mol. The number of phenols is 4. The fourth-order valence-electron chi connectivity index (χ4n) is 2.35. The van der Waals surface area contributed by atoms with E-state index in [1.54, 1.807) is 0 Å². The summed E-state index contributed by atoms with van der Waals surface area (Å²) in [7, 11) is 0. The topological polar surface area (TPSA) is 111 Å². The van der Waals surface area contributed by atoms with Crippen LogP contribution < -0.4 is 0 Å². The third kappa shape index (κ3) is 2.83. The van der Waals surface area contributed by atoms with Gasteiger partial charge in [-0.05, 0) is 36.4 Å². The average molecular weight is 341 g/mol. The highest BCUT2D eigenvalue weighted by Crippen LogP contribution is 2.36. The van der Waals surface area contributed by atoms with Gasteiger partial charge in [0.15, 0.2) is 23.1 Å². The van der Waals surface area contributed by atoms with E-state index in [1.165, 1.54) is 36.4 Å². The zero-order valence-electron chi connectivity index (χ0n) is 12.6. The van der Waals surface area contributed by atoms with Gasteiger partial charge in [-0.2, -0.15) is 0 Å². The second-order valence-electron chi connectivity index (χ2n) is 5.20. The molecule has 0 bridgehead atoms. The van der Waals surface area contributed by atoms with Gasteiger partial charge in [-0.15, -0.1) is 0 Å². The highest BCUT2D eigenvalue weighted by molar-refractivity contribution is 6.11. The lowest BCUT2D eigenvalue weighted by atomic mass is 10.0. The lowest BCUT2D eigenvalue weighted by Gasteiger charge is -2.09. The van der Waals surface area contributed by atoms with Crippen LogP contribution in [-0.4, -0.2) is 31.2 Å². The molecule has 0 amide bonds. The first kappa shape index (κ1) is 16.3. The molecule has 0 saturated heterocycles. The van der Waals surface area contributed by atoms with Crippen molar-refractivity contribution in [2.24, 2.45) is 0 Å². The van der Waals surface area contributed by atoms with Crippen LogP contribution in [0.4, 0.5) is 4.39 Å². The van der Waals surface area contributed by atoms with Gasteiger partial charge in [-0.1, -0.05) is 12.1 Å². The minimum Gasteiger partial charge on any atom is -0.507 e. The van der Waals surface area contributed by atoms with Crippen molar-refractivity contribution in [3.05, 3.63) is 65.6 Å². The zero-order chi connectivity index (χ0) is 18.1. The first-order valence-corrected chi connectivity index (χ1v) is 7.13. The molecule has 7 heteroatoms. The predicted octanol–water partition coefficient (Wildman–Crippen LogP) is 2.94. The Kier molecular flexibility index (Phi) is 3.98. The Morgan fingerprint density at radius 3 is 2.28 bits per heavy atom. The highest BCUT2D eigenvalue weighted by Gasteiger charge is 2.22. The fourth-order valence-corrected chi connectivity index (χ4v) is 2.35. The summed E-state index contributed by atoms with van der Waals surface area (Å²) in [6.45, 7) is 0. The van der Waals surface area contributed by atoms with Gasteiger partial charge in [0.25, 0.3) is 0 Å². The Hall–Kier alpha value is -3.61. The molecule has 3 aromatic rings. The van der Waals surface area contributed by atoms with Crippen molar-refractivity contribution in [3.8, 4) is 34.3 Å². The number of halogens is 1. The number of ketones is 1. The standard InChI is InChI=1S/C18H12FNO5/c19-16-9(3-1-6-13(16)22)10-4-2-5-11(20-10)17(24)15-12(21)7-8-14(23)18(15)25/h1-8,21-23,25H. The Balaban J connectivity index is 2.10. The SMILES string of the molecule is O=C(c1cccc(-c2cccc(O)c2F)n1)c1c(O)ccc(O)c1O. The molecule has 0 aliphatic heterocycles. The molecule has 0 spiro atoms. The van der Waals surface area contributed by atoms with Crippen LogP contribution in [0.25, 0.3) is 11.3 Å². The fraction of sp³-hybridized carbons (Fsp3) is 0. The smallest absolute Gasteiger partial charge is 0.218 e. The van der Waals surface area contributed by atoms with E-state index < -0.39 is 40.2 Å². The van der Waals surface area contributed by atoms with Crippen LogP contribution in [0.5, 0.6) is 23.0 Å². The maximum absolute atomic E-state index is 14.0. The van der Waals surface area contributed by atoms with Crippen molar-refractivity contribution in [2.75, 3.05) is 0 Å². The van der Waals surface area contributed by atoms with E-state index in [-0.39, 0.29) is 17.0 Å². The van der Waals surface area contributed by atoms with Gasteiger partial charge in [0.1, 0.15) is 17.0 Å². The minimum absolute atomic E-state index is 0.0148. The molecule has 4 N–H and O–H groups in total. The second-order valence-corrected chi connectivity index (χ2v) is 5.20. The third-order valence-electron chi connectivity index (χ3n) is 3.60. The summed E-state index contributed by atoms with van der Waals surface area (Å²) < 4.78 is 14.0. The number of benzene rings is 2. The zero-order valence-corrected chi connectivity index (χ0v) is 12.6. The van der Waals surface area contributed by atoms with E-state index in [4.69, 9.17) is 0 Å². The van der Waals surface area contributed by atoms with Gasteiger partial charge in [0, 0.05) is 5.56 Å².